The van der Waals surface area contributed by atoms with E-state index in [0.717, 1.165) is 0 Å². The molecule has 0 atom stereocenters. The van der Waals surface area contributed by atoms with Crippen LogP contribution in [-0.4, -0.2) is 49.1 Å². The number of carbonyl (C=O) groups excluding carboxylic acids is 1. The van der Waals surface area contributed by atoms with E-state index in [2.05, 4.69) is 9.71 Å². The summed E-state index contributed by atoms with van der Waals surface area (Å²) in [6.07, 6.45) is 4.48. The van der Waals surface area contributed by atoms with Gasteiger partial charge in [0, 0.05) is 37.1 Å². The van der Waals surface area contributed by atoms with E-state index < -0.39 is 10.0 Å². The summed E-state index contributed by atoms with van der Waals surface area (Å²) in [7, 11) is -3.17. The smallest absolute Gasteiger partial charge is 0.253 e. The lowest BCUT2D eigenvalue weighted by Crippen LogP contribution is -2.46. The number of sulfonamides is 1. The van der Waals surface area contributed by atoms with Gasteiger partial charge in [0.1, 0.15) is 0 Å². The van der Waals surface area contributed by atoms with E-state index in [1.807, 2.05) is 0 Å². The molecule has 1 saturated heterocycles. The van der Waals surface area contributed by atoms with Crippen LogP contribution in [0.1, 0.15) is 30.1 Å². The number of nitrogens with zero attached hydrogens (tertiary/aromatic N) is 2. The highest BCUT2D eigenvalue weighted by atomic mass is 32.2. The Kier molecular flexibility index (Phi) is 4.72. The Morgan fingerprint density at radius 3 is 2.50 bits per heavy atom. The highest BCUT2D eigenvalue weighted by Crippen LogP contribution is 2.14. The van der Waals surface area contributed by atoms with Gasteiger partial charge in [-0.15, -0.1) is 0 Å². The van der Waals surface area contributed by atoms with E-state index in [4.69, 9.17) is 0 Å². The zero-order valence-corrected chi connectivity index (χ0v) is 12.3. The molecular weight excluding hydrogens is 278 g/mol. The van der Waals surface area contributed by atoms with E-state index in [1.54, 1.807) is 36.4 Å². The third kappa shape index (κ3) is 3.77. The number of likely N-dealkylation sites (tertiary alicyclic amines) is 1. The molecule has 1 N–H and O–H groups in total. The third-order valence-electron chi connectivity index (χ3n) is 3.44. The topological polar surface area (TPSA) is 79.4 Å². The molecule has 20 heavy (non-hydrogen) atoms. The number of rotatable bonds is 4. The monoisotopic (exact) mass is 297 g/mol. The first-order chi connectivity index (χ1) is 9.52. The van der Waals surface area contributed by atoms with Crippen molar-refractivity contribution < 1.29 is 13.2 Å². The van der Waals surface area contributed by atoms with Crippen LogP contribution in [0.2, 0.25) is 0 Å². The molecule has 7 heteroatoms. The van der Waals surface area contributed by atoms with Gasteiger partial charge in [-0.3, -0.25) is 9.78 Å². The van der Waals surface area contributed by atoms with Gasteiger partial charge in [0.15, 0.2) is 0 Å². The minimum absolute atomic E-state index is 0.0239. The first-order valence-corrected chi connectivity index (χ1v) is 8.36. The molecule has 0 saturated carbocycles. The predicted molar refractivity (Wildman–Crippen MR) is 75.8 cm³/mol. The molecule has 1 aliphatic heterocycles. The van der Waals surface area contributed by atoms with Crippen LogP contribution in [0.25, 0.3) is 0 Å². The van der Waals surface area contributed by atoms with Crippen LogP contribution in [0.5, 0.6) is 0 Å². The molecule has 110 valence electrons. The zero-order chi connectivity index (χ0) is 14.6. The van der Waals surface area contributed by atoms with Gasteiger partial charge in [-0.25, -0.2) is 13.1 Å². The van der Waals surface area contributed by atoms with Gasteiger partial charge in [-0.1, -0.05) is 0 Å². The molecular formula is C13H19N3O3S. The first kappa shape index (κ1) is 14.9. The number of hydrogen-bond acceptors (Lipinski definition) is 4. The number of pyridine rings is 1. The van der Waals surface area contributed by atoms with Crippen molar-refractivity contribution in [2.24, 2.45) is 0 Å². The molecule has 6 nitrogen and oxygen atoms in total. The predicted octanol–water partition coefficient (Wildman–Crippen LogP) is 0.625. The Hall–Kier alpha value is -1.47. The lowest BCUT2D eigenvalue weighted by Gasteiger charge is -2.32. The Morgan fingerprint density at radius 1 is 1.35 bits per heavy atom. The van der Waals surface area contributed by atoms with E-state index in [9.17, 15) is 13.2 Å². The van der Waals surface area contributed by atoms with Crippen molar-refractivity contribution in [3.8, 4) is 0 Å². The minimum atomic E-state index is -3.17. The van der Waals surface area contributed by atoms with E-state index in [1.165, 1.54) is 0 Å². The largest absolute Gasteiger partial charge is 0.339 e. The van der Waals surface area contributed by atoms with Crippen LogP contribution in [-0.2, 0) is 10.0 Å². The van der Waals surface area contributed by atoms with Gasteiger partial charge in [0.2, 0.25) is 10.0 Å². The molecule has 1 amide bonds. The van der Waals surface area contributed by atoms with Crippen LogP contribution in [0, 0.1) is 0 Å². The van der Waals surface area contributed by atoms with Crippen molar-refractivity contribution in [2.75, 3.05) is 18.8 Å². The van der Waals surface area contributed by atoms with Crippen molar-refractivity contribution in [2.45, 2.75) is 25.8 Å². The van der Waals surface area contributed by atoms with Crippen molar-refractivity contribution in [1.29, 1.82) is 0 Å². The van der Waals surface area contributed by atoms with Gasteiger partial charge in [-0.05, 0) is 31.9 Å². The molecule has 0 bridgehead atoms. The number of aromatic nitrogens is 1. The van der Waals surface area contributed by atoms with Crippen molar-refractivity contribution in [3.63, 3.8) is 0 Å². The van der Waals surface area contributed by atoms with Crippen LogP contribution < -0.4 is 4.72 Å². The molecule has 1 aliphatic rings. The highest BCUT2D eigenvalue weighted by molar-refractivity contribution is 7.89. The Bertz CT molecular complexity index is 551. The number of carbonyl (C=O) groups is 1. The van der Waals surface area contributed by atoms with E-state index in [-0.39, 0.29) is 17.7 Å². The Balaban J connectivity index is 1.90. The number of piperidine rings is 1. The fraction of sp³-hybridized carbons (Fsp3) is 0.538. The van der Waals surface area contributed by atoms with Gasteiger partial charge in [0.25, 0.3) is 5.91 Å². The van der Waals surface area contributed by atoms with Gasteiger partial charge in [-0.2, -0.15) is 0 Å². The van der Waals surface area contributed by atoms with Crippen molar-refractivity contribution in [1.82, 2.24) is 14.6 Å². The number of hydrogen-bond donors (Lipinski definition) is 1. The zero-order valence-electron chi connectivity index (χ0n) is 11.4. The van der Waals surface area contributed by atoms with Crippen molar-refractivity contribution in [3.05, 3.63) is 30.1 Å². The average molecular weight is 297 g/mol. The summed E-state index contributed by atoms with van der Waals surface area (Å²) in [6, 6.07) is 3.31. The minimum Gasteiger partial charge on any atom is -0.339 e. The normalized spacial score (nSPS) is 17.1. The Labute approximate surface area is 119 Å². The summed E-state index contributed by atoms with van der Waals surface area (Å²) in [5.74, 6) is 0.0626. The van der Waals surface area contributed by atoms with Crippen LogP contribution in [0.3, 0.4) is 0 Å². The molecule has 0 spiro atoms. The van der Waals surface area contributed by atoms with Gasteiger partial charge >= 0.3 is 0 Å². The summed E-state index contributed by atoms with van der Waals surface area (Å²) in [5.41, 5.74) is 0.618. The third-order valence-corrected chi connectivity index (χ3v) is 4.89. The molecule has 0 aromatic carbocycles. The molecule has 1 fully saturated rings. The molecule has 2 heterocycles. The summed E-state index contributed by atoms with van der Waals surface area (Å²) < 4.78 is 25.7. The standard InChI is InChI=1S/C13H19N3O3S/c1-2-20(18,19)15-12-5-9-16(10-6-12)13(17)11-3-7-14-8-4-11/h3-4,7-8,12,15H,2,5-6,9-10H2,1H3. The maximum absolute atomic E-state index is 12.2. The second-order valence-corrected chi connectivity index (χ2v) is 6.87. The van der Waals surface area contributed by atoms with Gasteiger partial charge < -0.3 is 4.90 Å². The second kappa shape index (κ2) is 6.32. The van der Waals surface area contributed by atoms with E-state index in [0.29, 0.717) is 31.5 Å². The fourth-order valence-corrected chi connectivity index (χ4v) is 3.12. The maximum Gasteiger partial charge on any atom is 0.253 e. The fourth-order valence-electron chi connectivity index (χ4n) is 2.21. The summed E-state index contributed by atoms with van der Waals surface area (Å²) >= 11 is 0. The maximum atomic E-state index is 12.2. The summed E-state index contributed by atoms with van der Waals surface area (Å²) in [5, 5.41) is 0. The number of nitrogens with one attached hydrogen (secondary N) is 1. The average Bonchev–Trinajstić information content (AvgIpc) is 2.48. The van der Waals surface area contributed by atoms with E-state index >= 15 is 0 Å². The molecule has 1 aromatic rings. The molecule has 2 rings (SSSR count). The lowest BCUT2D eigenvalue weighted by molar-refractivity contribution is 0.0711. The van der Waals surface area contributed by atoms with Gasteiger partial charge in [0.05, 0.1) is 5.75 Å². The van der Waals surface area contributed by atoms with Crippen LogP contribution >= 0.6 is 0 Å². The lowest BCUT2D eigenvalue weighted by atomic mass is 10.1. The van der Waals surface area contributed by atoms with Crippen molar-refractivity contribution >= 4 is 15.9 Å². The van der Waals surface area contributed by atoms with Crippen LogP contribution in [0.15, 0.2) is 24.5 Å². The molecule has 1 aromatic heterocycles. The Morgan fingerprint density at radius 2 is 1.95 bits per heavy atom. The molecule has 0 unspecified atom stereocenters. The molecule has 0 aliphatic carbocycles. The summed E-state index contributed by atoms with van der Waals surface area (Å²) in [6.45, 7) is 2.75. The first-order valence-electron chi connectivity index (χ1n) is 6.71. The second-order valence-electron chi connectivity index (χ2n) is 4.82. The number of amides is 1. The molecule has 0 radical (unpaired) electrons. The quantitative estimate of drug-likeness (QED) is 0.884. The SMILES string of the molecule is CCS(=O)(=O)NC1CCN(C(=O)c2ccncc2)CC1. The van der Waals surface area contributed by atoms with Crippen LogP contribution in [0.4, 0.5) is 0 Å². The summed E-state index contributed by atoms with van der Waals surface area (Å²) in [4.78, 5) is 17.9. The highest BCUT2D eigenvalue weighted by Gasteiger charge is 2.25.